The summed E-state index contributed by atoms with van der Waals surface area (Å²) < 4.78 is 10.7. The van der Waals surface area contributed by atoms with E-state index in [9.17, 15) is 9.90 Å². The summed E-state index contributed by atoms with van der Waals surface area (Å²) in [5, 5.41) is 13.6. The number of hydrogen-bond donors (Lipinski definition) is 2. The van der Waals surface area contributed by atoms with Crippen LogP contribution < -0.4 is 5.32 Å². The molecule has 0 radical (unpaired) electrons. The van der Waals surface area contributed by atoms with E-state index < -0.39 is 11.7 Å². The summed E-state index contributed by atoms with van der Waals surface area (Å²) in [4.78, 5) is 11.2. The Morgan fingerprint density at radius 2 is 2.00 bits per heavy atom. The van der Waals surface area contributed by atoms with Crippen molar-refractivity contribution in [3.63, 3.8) is 0 Å². The van der Waals surface area contributed by atoms with Gasteiger partial charge < -0.3 is 19.9 Å². The van der Waals surface area contributed by atoms with Crippen LogP contribution in [0.25, 0.3) is 0 Å². The van der Waals surface area contributed by atoms with Crippen LogP contribution in [0.3, 0.4) is 0 Å². The number of β-amino-alcohol motifs (C(OH)–C–C–N with tert-alkyl or cyclic N) is 1. The molecule has 0 aromatic heterocycles. The minimum atomic E-state index is -0.972. The number of hydrogen-bond acceptors (Lipinski definition) is 5. The molecule has 0 spiro atoms. The second-order valence-electron chi connectivity index (χ2n) is 6.49. The SMILES string of the molecule is COC1CCC(C[C@H]2NC[C@](C)(O)[C@H]2OC(C)=O)CC1. The zero-order valence-electron chi connectivity index (χ0n) is 12.7. The summed E-state index contributed by atoms with van der Waals surface area (Å²) in [5.74, 6) is 0.290. The standard InChI is InChI=1S/C15H27NO4/c1-10(17)20-14-13(16-9-15(14,2)18)8-11-4-6-12(19-3)7-5-11/h11-14,16,18H,4-9H2,1-3H3/t11?,12?,13-,14+,15+/m1/s1. The van der Waals surface area contributed by atoms with E-state index in [1.807, 2.05) is 0 Å². The lowest BCUT2D eigenvalue weighted by molar-refractivity contribution is -0.158. The average Bonchev–Trinajstić information content (AvgIpc) is 2.67. The van der Waals surface area contributed by atoms with Crippen molar-refractivity contribution >= 4 is 5.97 Å². The first kappa shape index (κ1) is 15.7. The average molecular weight is 285 g/mol. The van der Waals surface area contributed by atoms with Crippen molar-refractivity contribution in [1.82, 2.24) is 5.32 Å². The highest BCUT2D eigenvalue weighted by Gasteiger charge is 2.46. The van der Waals surface area contributed by atoms with E-state index in [2.05, 4.69) is 5.32 Å². The Bertz CT molecular complexity index is 337. The van der Waals surface area contributed by atoms with Crippen LogP contribution in [-0.4, -0.2) is 48.6 Å². The van der Waals surface area contributed by atoms with Gasteiger partial charge in [-0.1, -0.05) is 0 Å². The van der Waals surface area contributed by atoms with Crippen molar-refractivity contribution in [3.05, 3.63) is 0 Å². The fourth-order valence-electron chi connectivity index (χ4n) is 3.54. The normalized spacial score (nSPS) is 41.6. The Hall–Kier alpha value is -0.650. The van der Waals surface area contributed by atoms with Gasteiger partial charge in [0.15, 0.2) is 0 Å². The fourth-order valence-corrected chi connectivity index (χ4v) is 3.54. The molecule has 1 heterocycles. The van der Waals surface area contributed by atoms with Crippen LogP contribution in [0.2, 0.25) is 0 Å². The smallest absolute Gasteiger partial charge is 0.303 e. The second-order valence-corrected chi connectivity index (χ2v) is 6.49. The van der Waals surface area contributed by atoms with E-state index in [0.717, 1.165) is 32.1 Å². The van der Waals surface area contributed by atoms with Crippen molar-refractivity contribution < 1.29 is 19.4 Å². The Kier molecular flexibility index (Phi) is 5.04. The van der Waals surface area contributed by atoms with Gasteiger partial charge in [0, 0.05) is 26.6 Å². The van der Waals surface area contributed by atoms with Crippen molar-refractivity contribution in [2.45, 2.75) is 69.8 Å². The minimum absolute atomic E-state index is 0.0537. The van der Waals surface area contributed by atoms with Crippen LogP contribution >= 0.6 is 0 Å². The molecule has 2 rings (SSSR count). The molecule has 0 unspecified atom stereocenters. The van der Waals surface area contributed by atoms with E-state index in [4.69, 9.17) is 9.47 Å². The van der Waals surface area contributed by atoms with Gasteiger partial charge >= 0.3 is 5.97 Å². The molecule has 20 heavy (non-hydrogen) atoms. The predicted molar refractivity (Wildman–Crippen MR) is 75.3 cm³/mol. The molecule has 2 aliphatic rings. The van der Waals surface area contributed by atoms with Gasteiger partial charge in [-0.2, -0.15) is 0 Å². The molecule has 0 bridgehead atoms. The molecule has 0 aromatic rings. The Morgan fingerprint density at radius 3 is 2.55 bits per heavy atom. The molecule has 1 aliphatic heterocycles. The first-order valence-corrected chi connectivity index (χ1v) is 7.58. The fraction of sp³-hybridized carbons (Fsp3) is 0.933. The summed E-state index contributed by atoms with van der Waals surface area (Å²) in [7, 11) is 1.78. The predicted octanol–water partition coefficient (Wildman–Crippen LogP) is 1.24. The Morgan fingerprint density at radius 1 is 1.35 bits per heavy atom. The summed E-state index contributed by atoms with van der Waals surface area (Å²) in [6.45, 7) is 3.60. The van der Waals surface area contributed by atoms with Gasteiger partial charge in [0.2, 0.25) is 0 Å². The lowest BCUT2D eigenvalue weighted by atomic mass is 9.82. The lowest BCUT2D eigenvalue weighted by Crippen LogP contribution is -2.45. The molecule has 116 valence electrons. The van der Waals surface area contributed by atoms with Crippen LogP contribution in [0.4, 0.5) is 0 Å². The van der Waals surface area contributed by atoms with E-state index in [1.165, 1.54) is 6.92 Å². The third-order valence-corrected chi connectivity index (χ3v) is 4.71. The van der Waals surface area contributed by atoms with Gasteiger partial charge in [0.1, 0.15) is 11.7 Å². The van der Waals surface area contributed by atoms with Gasteiger partial charge in [0.25, 0.3) is 0 Å². The van der Waals surface area contributed by atoms with Gasteiger partial charge in [0.05, 0.1) is 6.10 Å². The number of carbonyl (C=O) groups excluding carboxylic acids is 1. The van der Waals surface area contributed by atoms with Crippen molar-refractivity contribution in [3.8, 4) is 0 Å². The quantitative estimate of drug-likeness (QED) is 0.761. The first-order chi connectivity index (χ1) is 9.42. The van der Waals surface area contributed by atoms with Crippen molar-refractivity contribution in [1.29, 1.82) is 0 Å². The van der Waals surface area contributed by atoms with Gasteiger partial charge in [-0.3, -0.25) is 4.79 Å². The van der Waals surface area contributed by atoms with Crippen LogP contribution in [0.5, 0.6) is 0 Å². The van der Waals surface area contributed by atoms with Crippen LogP contribution in [-0.2, 0) is 14.3 Å². The van der Waals surface area contributed by atoms with Crippen LogP contribution in [0.15, 0.2) is 0 Å². The number of ether oxygens (including phenoxy) is 2. The molecule has 0 amide bonds. The lowest BCUT2D eigenvalue weighted by Gasteiger charge is -2.32. The highest BCUT2D eigenvalue weighted by atomic mass is 16.6. The number of nitrogens with one attached hydrogen (secondary N) is 1. The third kappa shape index (κ3) is 3.71. The Balaban J connectivity index is 1.90. The first-order valence-electron chi connectivity index (χ1n) is 7.58. The number of methoxy groups -OCH3 is 1. The maximum atomic E-state index is 11.2. The zero-order chi connectivity index (χ0) is 14.8. The topological polar surface area (TPSA) is 67.8 Å². The molecule has 5 heteroatoms. The molecule has 3 atom stereocenters. The van der Waals surface area contributed by atoms with Gasteiger partial charge in [-0.25, -0.2) is 0 Å². The number of carbonyl (C=O) groups is 1. The zero-order valence-corrected chi connectivity index (χ0v) is 12.7. The maximum Gasteiger partial charge on any atom is 0.303 e. The molecule has 2 N–H and O–H groups in total. The third-order valence-electron chi connectivity index (χ3n) is 4.71. The molecule has 5 nitrogen and oxygen atoms in total. The van der Waals surface area contributed by atoms with E-state index in [-0.39, 0.29) is 12.0 Å². The van der Waals surface area contributed by atoms with Gasteiger partial charge in [-0.15, -0.1) is 0 Å². The molecule has 1 aliphatic carbocycles. The maximum absolute atomic E-state index is 11.2. The largest absolute Gasteiger partial charge is 0.458 e. The highest BCUT2D eigenvalue weighted by molar-refractivity contribution is 5.66. The molecule has 1 saturated heterocycles. The summed E-state index contributed by atoms with van der Waals surface area (Å²) in [5.41, 5.74) is -0.972. The van der Waals surface area contributed by atoms with E-state index >= 15 is 0 Å². The van der Waals surface area contributed by atoms with E-state index in [1.54, 1.807) is 14.0 Å². The minimum Gasteiger partial charge on any atom is -0.458 e. The molecule has 2 fully saturated rings. The van der Waals surface area contributed by atoms with E-state index in [0.29, 0.717) is 18.6 Å². The summed E-state index contributed by atoms with van der Waals surface area (Å²) in [6.07, 6.45) is 5.39. The number of aliphatic hydroxyl groups is 1. The number of rotatable bonds is 4. The van der Waals surface area contributed by atoms with Crippen molar-refractivity contribution in [2.75, 3.05) is 13.7 Å². The number of esters is 1. The monoisotopic (exact) mass is 285 g/mol. The molecule has 0 aromatic carbocycles. The second kappa shape index (κ2) is 6.41. The Labute approximate surface area is 121 Å². The van der Waals surface area contributed by atoms with Crippen molar-refractivity contribution in [2.24, 2.45) is 5.92 Å². The molecule has 1 saturated carbocycles. The van der Waals surface area contributed by atoms with Crippen LogP contribution in [0, 0.1) is 5.92 Å². The highest BCUT2D eigenvalue weighted by Crippen LogP contribution is 2.33. The molecular weight excluding hydrogens is 258 g/mol. The summed E-state index contributed by atoms with van der Waals surface area (Å²) in [6, 6.07) is 0.0537. The molecular formula is C15H27NO4. The van der Waals surface area contributed by atoms with Gasteiger partial charge in [-0.05, 0) is 44.9 Å². The van der Waals surface area contributed by atoms with Crippen LogP contribution in [0.1, 0.15) is 46.0 Å². The summed E-state index contributed by atoms with van der Waals surface area (Å²) >= 11 is 0.